The molecule has 7 nitrogen and oxygen atoms in total. The Bertz CT molecular complexity index is 896. The van der Waals surface area contributed by atoms with E-state index < -0.39 is 0 Å². The number of rotatable bonds is 4. The summed E-state index contributed by atoms with van der Waals surface area (Å²) in [5.41, 5.74) is 1.54. The van der Waals surface area contributed by atoms with E-state index in [-0.39, 0.29) is 11.9 Å². The van der Waals surface area contributed by atoms with E-state index in [4.69, 9.17) is 0 Å². The molecule has 1 aliphatic rings. The molecule has 0 radical (unpaired) electrons. The van der Waals surface area contributed by atoms with Gasteiger partial charge < -0.3 is 15.2 Å². The van der Waals surface area contributed by atoms with Crippen LogP contribution in [0.25, 0.3) is 11.0 Å². The molecule has 0 spiro atoms. The molecular weight excluding hydrogens is 328 g/mol. The maximum Gasteiger partial charge on any atom is 0.254 e. The maximum absolute atomic E-state index is 12.4. The Hall–Kier alpha value is -2.96. The molecule has 0 unspecified atom stereocenters. The Morgan fingerprint density at radius 3 is 2.62 bits per heavy atom. The number of anilines is 1. The van der Waals surface area contributed by atoms with Crippen LogP contribution in [0.4, 0.5) is 5.95 Å². The second kappa shape index (κ2) is 7.11. The third-order valence-corrected chi connectivity index (χ3v) is 5.04. The number of pyridine rings is 1. The number of nitrogens with zero attached hydrogens (tertiary/aromatic N) is 4. The number of aromatic nitrogens is 4. The fraction of sp³-hybridized carbons (Fsp3) is 0.368. The second-order valence-electron chi connectivity index (χ2n) is 6.66. The minimum atomic E-state index is -0.107. The van der Waals surface area contributed by atoms with E-state index in [0.29, 0.717) is 17.6 Å². The van der Waals surface area contributed by atoms with Crippen molar-refractivity contribution in [2.45, 2.75) is 37.8 Å². The standard InChI is InChI=1S/C19H22N6O/c1-20-19-22-11-14(12-23-19)18(26)24-15-4-6-16(7-5-15)25-10-8-13-3-2-9-21-17(13)25/h2-3,8-12,15-16H,4-7H2,1H3,(H,24,26)(H,20,22,23). The first-order valence-corrected chi connectivity index (χ1v) is 8.97. The van der Waals surface area contributed by atoms with Gasteiger partial charge in [0.25, 0.3) is 5.91 Å². The van der Waals surface area contributed by atoms with E-state index in [9.17, 15) is 4.79 Å². The van der Waals surface area contributed by atoms with Crippen LogP contribution >= 0.6 is 0 Å². The fourth-order valence-corrected chi connectivity index (χ4v) is 3.62. The zero-order chi connectivity index (χ0) is 17.9. The summed E-state index contributed by atoms with van der Waals surface area (Å²) in [4.78, 5) is 25.1. The van der Waals surface area contributed by atoms with Crippen LogP contribution in [0.1, 0.15) is 42.1 Å². The number of amides is 1. The summed E-state index contributed by atoms with van der Waals surface area (Å²) in [5.74, 6) is 0.402. The molecule has 7 heteroatoms. The van der Waals surface area contributed by atoms with Crippen LogP contribution in [-0.2, 0) is 0 Å². The van der Waals surface area contributed by atoms with Gasteiger partial charge in [-0.25, -0.2) is 15.0 Å². The van der Waals surface area contributed by atoms with Gasteiger partial charge in [0.05, 0.1) is 5.56 Å². The smallest absolute Gasteiger partial charge is 0.254 e. The van der Waals surface area contributed by atoms with Gasteiger partial charge in [-0.05, 0) is 43.9 Å². The van der Waals surface area contributed by atoms with Crippen LogP contribution < -0.4 is 10.6 Å². The van der Waals surface area contributed by atoms with Gasteiger partial charge in [0, 0.05) is 49.3 Å². The number of carbonyl (C=O) groups is 1. The van der Waals surface area contributed by atoms with Crippen LogP contribution in [0.5, 0.6) is 0 Å². The molecule has 3 aromatic heterocycles. The molecule has 0 bridgehead atoms. The fourth-order valence-electron chi connectivity index (χ4n) is 3.62. The molecule has 2 N–H and O–H groups in total. The average Bonchev–Trinajstić information content (AvgIpc) is 3.13. The van der Waals surface area contributed by atoms with Crippen molar-refractivity contribution in [3.63, 3.8) is 0 Å². The van der Waals surface area contributed by atoms with Gasteiger partial charge in [-0.3, -0.25) is 4.79 Å². The van der Waals surface area contributed by atoms with Crippen molar-refractivity contribution < 1.29 is 4.79 Å². The molecule has 3 heterocycles. The van der Waals surface area contributed by atoms with Gasteiger partial charge in [-0.1, -0.05) is 0 Å². The second-order valence-corrected chi connectivity index (χ2v) is 6.66. The lowest BCUT2D eigenvalue weighted by atomic mass is 9.91. The summed E-state index contributed by atoms with van der Waals surface area (Å²) in [6.45, 7) is 0. The molecule has 4 rings (SSSR count). The highest BCUT2D eigenvalue weighted by molar-refractivity contribution is 5.93. The molecule has 134 valence electrons. The molecule has 1 aliphatic carbocycles. The van der Waals surface area contributed by atoms with E-state index in [1.807, 2.05) is 12.3 Å². The molecule has 3 aromatic rings. The number of carbonyl (C=O) groups excluding carboxylic acids is 1. The predicted octanol–water partition coefficient (Wildman–Crippen LogP) is 2.78. The van der Waals surface area contributed by atoms with Crippen molar-refractivity contribution in [2.75, 3.05) is 12.4 Å². The Kier molecular flexibility index (Phi) is 4.51. The number of hydrogen-bond acceptors (Lipinski definition) is 5. The first-order chi connectivity index (χ1) is 12.7. The first kappa shape index (κ1) is 16.5. The molecule has 0 aromatic carbocycles. The molecule has 26 heavy (non-hydrogen) atoms. The van der Waals surface area contributed by atoms with Crippen molar-refractivity contribution in [2.24, 2.45) is 0 Å². The largest absolute Gasteiger partial charge is 0.357 e. The highest BCUT2D eigenvalue weighted by Crippen LogP contribution is 2.31. The SMILES string of the molecule is CNc1ncc(C(=O)NC2CCC(n3ccc4cccnc43)CC2)cn1. The van der Waals surface area contributed by atoms with Crippen molar-refractivity contribution >= 4 is 22.9 Å². The quantitative estimate of drug-likeness (QED) is 0.756. The third kappa shape index (κ3) is 3.24. The summed E-state index contributed by atoms with van der Waals surface area (Å²) >= 11 is 0. The average molecular weight is 350 g/mol. The third-order valence-electron chi connectivity index (χ3n) is 5.04. The number of nitrogens with one attached hydrogen (secondary N) is 2. The Morgan fingerprint density at radius 2 is 1.88 bits per heavy atom. The zero-order valence-corrected chi connectivity index (χ0v) is 14.7. The number of fused-ring (bicyclic) bond motifs is 1. The van der Waals surface area contributed by atoms with E-state index >= 15 is 0 Å². The summed E-state index contributed by atoms with van der Waals surface area (Å²) in [5, 5.41) is 7.13. The molecule has 1 saturated carbocycles. The highest BCUT2D eigenvalue weighted by Gasteiger charge is 2.24. The van der Waals surface area contributed by atoms with Crippen molar-refractivity contribution in [3.05, 3.63) is 48.5 Å². The number of hydrogen-bond donors (Lipinski definition) is 2. The van der Waals surface area contributed by atoms with Gasteiger partial charge in [0.15, 0.2) is 0 Å². The van der Waals surface area contributed by atoms with Crippen LogP contribution in [0, 0.1) is 0 Å². The summed E-state index contributed by atoms with van der Waals surface area (Å²) < 4.78 is 2.28. The monoisotopic (exact) mass is 350 g/mol. The molecule has 0 aliphatic heterocycles. The van der Waals surface area contributed by atoms with E-state index in [1.54, 1.807) is 19.4 Å². The summed E-state index contributed by atoms with van der Waals surface area (Å²) in [7, 11) is 1.75. The topological polar surface area (TPSA) is 84.7 Å². The minimum Gasteiger partial charge on any atom is -0.357 e. The van der Waals surface area contributed by atoms with Crippen LogP contribution in [-0.4, -0.2) is 38.5 Å². The molecule has 0 atom stereocenters. The normalized spacial score (nSPS) is 20.0. The van der Waals surface area contributed by atoms with Gasteiger partial charge >= 0.3 is 0 Å². The van der Waals surface area contributed by atoms with Crippen molar-refractivity contribution in [1.82, 2.24) is 24.8 Å². The zero-order valence-electron chi connectivity index (χ0n) is 14.7. The van der Waals surface area contributed by atoms with Crippen molar-refractivity contribution in [3.8, 4) is 0 Å². The Balaban J connectivity index is 1.36. The van der Waals surface area contributed by atoms with E-state index in [2.05, 4.69) is 48.5 Å². The van der Waals surface area contributed by atoms with Crippen LogP contribution in [0.2, 0.25) is 0 Å². The molecule has 1 fully saturated rings. The summed E-state index contributed by atoms with van der Waals surface area (Å²) in [6.07, 6.45) is 11.0. The maximum atomic E-state index is 12.4. The Labute approximate surface area is 151 Å². The molecule has 0 saturated heterocycles. The van der Waals surface area contributed by atoms with Crippen molar-refractivity contribution in [1.29, 1.82) is 0 Å². The Morgan fingerprint density at radius 1 is 1.12 bits per heavy atom. The first-order valence-electron chi connectivity index (χ1n) is 8.97. The lowest BCUT2D eigenvalue weighted by molar-refractivity contribution is 0.0922. The molecule has 1 amide bonds. The van der Waals surface area contributed by atoms with Gasteiger partial charge in [0.1, 0.15) is 5.65 Å². The van der Waals surface area contributed by atoms with Crippen LogP contribution in [0.15, 0.2) is 43.0 Å². The van der Waals surface area contributed by atoms with E-state index in [1.165, 1.54) is 5.39 Å². The lowest BCUT2D eigenvalue weighted by Gasteiger charge is -2.30. The van der Waals surface area contributed by atoms with E-state index in [0.717, 1.165) is 31.3 Å². The summed E-state index contributed by atoms with van der Waals surface area (Å²) in [6, 6.07) is 6.80. The highest BCUT2D eigenvalue weighted by atomic mass is 16.1. The van der Waals surface area contributed by atoms with Crippen LogP contribution in [0.3, 0.4) is 0 Å². The minimum absolute atomic E-state index is 0.107. The van der Waals surface area contributed by atoms with Gasteiger partial charge in [0.2, 0.25) is 5.95 Å². The molecular formula is C19H22N6O. The predicted molar refractivity (Wildman–Crippen MR) is 100 cm³/mol. The lowest BCUT2D eigenvalue weighted by Crippen LogP contribution is -2.38. The van der Waals surface area contributed by atoms with Gasteiger partial charge in [-0.2, -0.15) is 0 Å². The van der Waals surface area contributed by atoms with Gasteiger partial charge in [-0.15, -0.1) is 0 Å².